The van der Waals surface area contributed by atoms with Gasteiger partial charge in [0.25, 0.3) is 5.91 Å². The topological polar surface area (TPSA) is 98.4 Å². The smallest absolute Gasteiger partial charge is 0.259 e. The van der Waals surface area contributed by atoms with Gasteiger partial charge >= 0.3 is 0 Å². The number of amides is 1. The van der Waals surface area contributed by atoms with Gasteiger partial charge in [-0.1, -0.05) is 0 Å². The number of anilines is 3. The number of ether oxygens (including phenoxy) is 1. The molecule has 2 aliphatic rings. The number of carbonyl (C=O) groups is 1. The van der Waals surface area contributed by atoms with Crippen molar-refractivity contribution in [2.45, 2.75) is 29.7 Å². The summed E-state index contributed by atoms with van der Waals surface area (Å²) in [4.78, 5) is 23.0. The van der Waals surface area contributed by atoms with Crippen molar-refractivity contribution in [3.63, 3.8) is 0 Å². The lowest BCUT2D eigenvalue weighted by Gasteiger charge is -2.34. The molecule has 42 heavy (non-hydrogen) atoms. The fourth-order valence-corrected chi connectivity index (χ4v) is 6.05. The summed E-state index contributed by atoms with van der Waals surface area (Å²) in [5.74, 6) is -0.746. The van der Waals surface area contributed by atoms with Crippen molar-refractivity contribution in [1.29, 1.82) is 0 Å². The molecular weight excluding hydrogens is 560 g/mol. The number of hydrogen-bond acceptors (Lipinski definition) is 8. The van der Waals surface area contributed by atoms with E-state index in [0.29, 0.717) is 40.7 Å². The Kier molecular flexibility index (Phi) is 8.54. The number of aromatic nitrogens is 3. The van der Waals surface area contributed by atoms with E-state index < -0.39 is 11.6 Å². The summed E-state index contributed by atoms with van der Waals surface area (Å²) in [7, 11) is 2.13. The van der Waals surface area contributed by atoms with E-state index in [-0.39, 0.29) is 23.3 Å². The first kappa shape index (κ1) is 28.4. The average Bonchev–Trinajstić information content (AvgIpc) is 3.40. The average molecular weight is 594 g/mol. The number of fused-ring (bicyclic) bond motifs is 1. The van der Waals surface area contributed by atoms with E-state index in [1.165, 1.54) is 17.8 Å². The van der Waals surface area contributed by atoms with E-state index in [2.05, 4.69) is 48.7 Å². The van der Waals surface area contributed by atoms with Crippen molar-refractivity contribution in [2.24, 2.45) is 0 Å². The molecule has 0 bridgehead atoms. The van der Waals surface area contributed by atoms with Gasteiger partial charge in [-0.2, -0.15) is 5.10 Å². The van der Waals surface area contributed by atoms with Gasteiger partial charge in [0.2, 0.25) is 0 Å². The van der Waals surface area contributed by atoms with E-state index in [4.69, 9.17) is 4.74 Å². The molecule has 0 aliphatic carbocycles. The third kappa shape index (κ3) is 6.50. The summed E-state index contributed by atoms with van der Waals surface area (Å²) in [6.07, 6.45) is 1.74. The number of H-pyrrole nitrogens is 1. The van der Waals surface area contributed by atoms with Crippen molar-refractivity contribution < 1.29 is 18.3 Å². The highest BCUT2D eigenvalue weighted by Gasteiger charge is 2.22. The molecule has 0 radical (unpaired) electrons. The number of pyridine rings is 1. The Hall–Kier alpha value is -3.74. The van der Waals surface area contributed by atoms with Gasteiger partial charge in [-0.15, -0.1) is 11.8 Å². The molecule has 4 heterocycles. The standard InChI is InChI=1S/C30H33F2N7O2S/c1-38-10-12-39(13-11-38)22-3-4-23(26(17-22)33-21-8-14-41-15-9-21)30(40)35-29-28-25(36-37-29)6-7-27(34-28)42-18-19-16-20(31)2-5-24(19)32/h2-7,16-17,21,33H,8-15,18H2,1H3,(H2,35,36,37,40). The van der Waals surface area contributed by atoms with E-state index >= 15 is 0 Å². The van der Waals surface area contributed by atoms with Gasteiger partial charge in [0.05, 0.1) is 16.1 Å². The lowest BCUT2D eigenvalue weighted by molar-refractivity contribution is 0.0904. The number of aromatic amines is 1. The summed E-state index contributed by atoms with van der Waals surface area (Å²) >= 11 is 1.28. The van der Waals surface area contributed by atoms with E-state index in [1.807, 2.05) is 12.1 Å². The van der Waals surface area contributed by atoms with Crippen molar-refractivity contribution in [1.82, 2.24) is 20.1 Å². The van der Waals surface area contributed by atoms with Crippen LogP contribution >= 0.6 is 11.8 Å². The van der Waals surface area contributed by atoms with Crippen LogP contribution in [-0.2, 0) is 10.5 Å². The van der Waals surface area contributed by atoms with Gasteiger partial charge in [0, 0.05) is 68.1 Å². The van der Waals surface area contributed by atoms with Crippen LogP contribution < -0.4 is 15.5 Å². The minimum absolute atomic E-state index is 0.211. The first-order valence-corrected chi connectivity index (χ1v) is 15.1. The Bertz CT molecular complexity index is 1570. The minimum atomic E-state index is -0.488. The van der Waals surface area contributed by atoms with Gasteiger partial charge in [-0.05, 0) is 68.4 Å². The molecule has 2 aromatic heterocycles. The zero-order valence-corrected chi connectivity index (χ0v) is 24.1. The third-order valence-corrected chi connectivity index (χ3v) is 8.67. The van der Waals surface area contributed by atoms with Crippen LogP contribution in [0.4, 0.5) is 26.0 Å². The van der Waals surface area contributed by atoms with Gasteiger partial charge in [-0.3, -0.25) is 9.89 Å². The maximum absolute atomic E-state index is 14.1. The van der Waals surface area contributed by atoms with E-state index in [9.17, 15) is 13.6 Å². The number of rotatable bonds is 8. The fourth-order valence-electron chi connectivity index (χ4n) is 5.20. The zero-order valence-electron chi connectivity index (χ0n) is 23.3. The Labute approximate surface area is 247 Å². The fraction of sp³-hybridized carbons (Fsp3) is 0.367. The van der Waals surface area contributed by atoms with Crippen LogP contribution in [0.15, 0.2) is 53.6 Å². The molecule has 2 aliphatic heterocycles. The largest absolute Gasteiger partial charge is 0.381 e. The number of nitrogens with zero attached hydrogens (tertiary/aromatic N) is 4. The summed E-state index contributed by atoms with van der Waals surface area (Å²) in [6.45, 7) is 5.21. The molecule has 3 N–H and O–H groups in total. The number of nitrogens with one attached hydrogen (secondary N) is 3. The van der Waals surface area contributed by atoms with Gasteiger partial charge in [-0.25, -0.2) is 13.8 Å². The Balaban J connectivity index is 1.22. The van der Waals surface area contributed by atoms with E-state index in [0.717, 1.165) is 62.5 Å². The number of benzene rings is 2. The molecule has 12 heteroatoms. The van der Waals surface area contributed by atoms with Gasteiger partial charge in [0.1, 0.15) is 17.2 Å². The van der Waals surface area contributed by atoms with Crippen LogP contribution in [0.3, 0.4) is 0 Å². The number of thioether (sulfide) groups is 1. The molecule has 0 saturated carbocycles. The lowest BCUT2D eigenvalue weighted by Crippen LogP contribution is -2.44. The minimum Gasteiger partial charge on any atom is -0.381 e. The van der Waals surface area contributed by atoms with Crippen LogP contribution in [0.25, 0.3) is 11.0 Å². The molecule has 0 spiro atoms. The highest BCUT2D eigenvalue weighted by atomic mass is 32.2. The van der Waals surface area contributed by atoms with Crippen LogP contribution in [0.2, 0.25) is 0 Å². The highest BCUT2D eigenvalue weighted by molar-refractivity contribution is 7.98. The second-order valence-corrected chi connectivity index (χ2v) is 11.6. The molecule has 9 nitrogen and oxygen atoms in total. The summed E-state index contributed by atoms with van der Waals surface area (Å²) in [5, 5.41) is 14.3. The SMILES string of the molecule is CN1CCN(c2ccc(C(=O)Nc3n[nH]c4ccc(SCc5cc(F)ccc5F)nc34)c(NC3CCOCC3)c2)CC1. The maximum Gasteiger partial charge on any atom is 0.259 e. The van der Waals surface area contributed by atoms with Crippen molar-refractivity contribution in [2.75, 3.05) is 62.0 Å². The van der Waals surface area contributed by atoms with Crippen LogP contribution in [0.1, 0.15) is 28.8 Å². The van der Waals surface area contributed by atoms with Crippen molar-refractivity contribution in [3.05, 3.63) is 71.3 Å². The first-order chi connectivity index (χ1) is 20.4. The number of likely N-dealkylation sites (N-methyl/N-ethyl adjacent to an activating group) is 1. The number of hydrogen-bond donors (Lipinski definition) is 3. The predicted molar refractivity (Wildman–Crippen MR) is 161 cm³/mol. The maximum atomic E-state index is 14.1. The molecule has 4 aromatic rings. The Morgan fingerprint density at radius 1 is 1.07 bits per heavy atom. The van der Waals surface area contributed by atoms with Gasteiger partial charge in [0.15, 0.2) is 5.82 Å². The number of piperazine rings is 1. The van der Waals surface area contributed by atoms with Crippen molar-refractivity contribution >= 4 is 45.9 Å². The molecule has 0 atom stereocenters. The monoisotopic (exact) mass is 593 g/mol. The molecule has 220 valence electrons. The second-order valence-electron chi connectivity index (χ2n) is 10.6. The normalized spacial score (nSPS) is 16.6. The lowest BCUT2D eigenvalue weighted by atomic mass is 10.1. The second kappa shape index (κ2) is 12.6. The Morgan fingerprint density at radius 3 is 2.69 bits per heavy atom. The summed E-state index contributed by atoms with van der Waals surface area (Å²) in [5.41, 5.74) is 3.77. The number of halogens is 2. The van der Waals surface area contributed by atoms with Crippen molar-refractivity contribution in [3.8, 4) is 0 Å². The molecule has 2 saturated heterocycles. The first-order valence-electron chi connectivity index (χ1n) is 14.1. The molecule has 1 amide bonds. The number of carbonyl (C=O) groups excluding carboxylic acids is 1. The highest BCUT2D eigenvalue weighted by Crippen LogP contribution is 2.30. The van der Waals surface area contributed by atoms with Gasteiger partial charge < -0.3 is 25.2 Å². The predicted octanol–water partition coefficient (Wildman–Crippen LogP) is 5.12. The third-order valence-electron chi connectivity index (χ3n) is 7.69. The molecule has 0 unspecified atom stereocenters. The molecule has 2 aromatic carbocycles. The van der Waals surface area contributed by atoms with E-state index in [1.54, 1.807) is 12.1 Å². The summed E-state index contributed by atoms with van der Waals surface area (Å²) < 4.78 is 33.2. The summed E-state index contributed by atoms with van der Waals surface area (Å²) in [6, 6.07) is 13.1. The Morgan fingerprint density at radius 2 is 1.88 bits per heavy atom. The quantitative estimate of drug-likeness (QED) is 0.242. The van der Waals surface area contributed by atoms with Crippen LogP contribution in [0, 0.1) is 11.6 Å². The zero-order chi connectivity index (χ0) is 29.1. The molecular formula is C30H33F2N7O2S. The van der Waals surface area contributed by atoms with Crippen LogP contribution in [-0.4, -0.2) is 78.5 Å². The molecule has 6 rings (SSSR count). The molecule has 2 fully saturated rings. The van der Waals surface area contributed by atoms with Crippen LogP contribution in [0.5, 0.6) is 0 Å².